The average Bonchev–Trinajstić information content (AvgIpc) is 3.88. The lowest BCUT2D eigenvalue weighted by Crippen LogP contribution is -2.28. The van der Waals surface area contributed by atoms with E-state index in [0.29, 0.717) is 0 Å². The monoisotopic (exact) mass is 697 g/mol. The Morgan fingerprint density at radius 3 is 1.35 bits per heavy atom. The van der Waals surface area contributed by atoms with Gasteiger partial charge in [0, 0.05) is 46.0 Å². The van der Waals surface area contributed by atoms with Gasteiger partial charge >= 0.3 is 0 Å². The van der Waals surface area contributed by atoms with E-state index >= 15 is 0 Å². The van der Waals surface area contributed by atoms with Gasteiger partial charge in [0.05, 0.1) is 16.8 Å². The molecule has 0 radical (unpaired) electrons. The van der Waals surface area contributed by atoms with Crippen molar-refractivity contribution >= 4 is 80.1 Å². The number of rotatable bonds is 5. The van der Waals surface area contributed by atoms with Crippen molar-refractivity contribution in [3.05, 3.63) is 210 Å². The molecule has 2 heterocycles. The Balaban J connectivity index is 1.19. The summed E-state index contributed by atoms with van der Waals surface area (Å²) in [6.45, 7) is 0. The minimum Gasteiger partial charge on any atom is -0.309 e. The minimum atomic E-state index is -0.440. The number of hydrogen-bond donors (Lipinski definition) is 0. The molecule has 2 aromatic heterocycles. The fraction of sp³-hybridized carbons (Fsp3) is 0.0204. The van der Waals surface area contributed by atoms with Crippen LogP contribution in [-0.4, -0.2) is 0 Å². The van der Waals surface area contributed by atoms with Crippen LogP contribution in [0.2, 0.25) is 0 Å². The second-order valence-corrected chi connectivity index (χ2v) is 15.8. The van der Waals surface area contributed by atoms with E-state index in [2.05, 4.69) is 193 Å². The van der Waals surface area contributed by atoms with Gasteiger partial charge in [-0.05, 0) is 81.9 Å². The summed E-state index contributed by atoms with van der Waals surface area (Å²) in [7, 11) is 0. The summed E-state index contributed by atoms with van der Waals surface area (Å²) in [4.78, 5) is 2.51. The Bertz CT molecular complexity index is 2810. The van der Waals surface area contributed by atoms with Crippen LogP contribution in [0.5, 0.6) is 0 Å². The Hall–Kier alpha value is -6.00. The number of hydrogen-bond acceptors (Lipinski definition) is 3. The SMILES string of the molecule is c1ccc(C2(c3ccc(N(c4cccc5sc6ccccc6c45)c4cccc5sc6ccccc6c45)cc3)c3ccccc3-c3ccccc32)cc1. The fourth-order valence-electron chi connectivity index (χ4n) is 8.86. The number of fused-ring (bicyclic) bond motifs is 9. The largest absolute Gasteiger partial charge is 0.309 e. The highest BCUT2D eigenvalue weighted by Gasteiger charge is 2.45. The van der Waals surface area contributed by atoms with Gasteiger partial charge in [0.1, 0.15) is 0 Å². The Labute approximate surface area is 310 Å². The molecule has 1 nitrogen and oxygen atoms in total. The molecule has 0 spiro atoms. The molecule has 0 atom stereocenters. The molecule has 0 unspecified atom stereocenters. The third-order valence-corrected chi connectivity index (χ3v) is 13.2. The summed E-state index contributed by atoms with van der Waals surface area (Å²) in [5.74, 6) is 0. The molecule has 10 aromatic rings. The van der Waals surface area contributed by atoms with E-state index in [0.717, 1.165) is 5.69 Å². The van der Waals surface area contributed by atoms with Gasteiger partial charge in [-0.25, -0.2) is 0 Å². The smallest absolute Gasteiger partial charge is 0.0713 e. The summed E-state index contributed by atoms with van der Waals surface area (Å²) in [5.41, 5.74) is 10.9. The first-order valence-electron chi connectivity index (χ1n) is 17.8. The predicted molar refractivity (Wildman–Crippen MR) is 224 cm³/mol. The molecule has 244 valence electrons. The summed E-state index contributed by atoms with van der Waals surface area (Å²) >= 11 is 3.74. The third-order valence-electron chi connectivity index (χ3n) is 11.0. The van der Waals surface area contributed by atoms with E-state index < -0.39 is 5.41 Å². The molecule has 0 amide bonds. The number of nitrogens with zero attached hydrogens (tertiary/aromatic N) is 1. The van der Waals surface area contributed by atoms with Gasteiger partial charge in [-0.3, -0.25) is 0 Å². The van der Waals surface area contributed by atoms with Gasteiger partial charge in [-0.15, -0.1) is 22.7 Å². The van der Waals surface area contributed by atoms with Crippen molar-refractivity contribution in [2.75, 3.05) is 4.90 Å². The highest BCUT2D eigenvalue weighted by atomic mass is 32.1. The van der Waals surface area contributed by atoms with Crippen molar-refractivity contribution in [1.29, 1.82) is 0 Å². The van der Waals surface area contributed by atoms with E-state index in [1.54, 1.807) is 0 Å². The zero-order valence-electron chi connectivity index (χ0n) is 28.2. The maximum absolute atomic E-state index is 2.51. The highest BCUT2D eigenvalue weighted by Crippen LogP contribution is 2.56. The van der Waals surface area contributed by atoms with Crippen molar-refractivity contribution in [2.45, 2.75) is 5.41 Å². The van der Waals surface area contributed by atoms with Crippen molar-refractivity contribution in [2.24, 2.45) is 0 Å². The molecular formula is C49H31NS2. The molecule has 3 heteroatoms. The highest BCUT2D eigenvalue weighted by molar-refractivity contribution is 7.26. The lowest BCUT2D eigenvalue weighted by Gasteiger charge is -2.34. The van der Waals surface area contributed by atoms with E-state index in [1.165, 1.54) is 85.1 Å². The van der Waals surface area contributed by atoms with Crippen LogP contribution in [0.15, 0.2) is 188 Å². The quantitative estimate of drug-likeness (QED) is 0.173. The van der Waals surface area contributed by atoms with Crippen LogP contribution in [0.1, 0.15) is 22.3 Å². The number of anilines is 3. The normalized spacial score (nSPS) is 13.2. The predicted octanol–water partition coefficient (Wildman–Crippen LogP) is 14.3. The van der Waals surface area contributed by atoms with Crippen molar-refractivity contribution in [3.8, 4) is 11.1 Å². The van der Waals surface area contributed by atoms with Gasteiger partial charge in [-0.2, -0.15) is 0 Å². The van der Waals surface area contributed by atoms with E-state index in [4.69, 9.17) is 0 Å². The van der Waals surface area contributed by atoms with Crippen LogP contribution in [0.25, 0.3) is 51.5 Å². The Morgan fingerprint density at radius 2 is 0.788 bits per heavy atom. The van der Waals surface area contributed by atoms with Crippen LogP contribution in [0, 0.1) is 0 Å². The molecule has 0 saturated carbocycles. The van der Waals surface area contributed by atoms with Gasteiger partial charge in [0.15, 0.2) is 0 Å². The zero-order chi connectivity index (χ0) is 34.2. The molecule has 0 saturated heterocycles. The summed E-state index contributed by atoms with van der Waals surface area (Å²) < 4.78 is 5.21. The van der Waals surface area contributed by atoms with Gasteiger partial charge in [-0.1, -0.05) is 140 Å². The maximum Gasteiger partial charge on any atom is 0.0713 e. The van der Waals surface area contributed by atoms with Gasteiger partial charge < -0.3 is 4.90 Å². The van der Waals surface area contributed by atoms with Gasteiger partial charge in [0.25, 0.3) is 0 Å². The van der Waals surface area contributed by atoms with E-state index in [1.807, 2.05) is 22.7 Å². The zero-order valence-corrected chi connectivity index (χ0v) is 29.8. The van der Waals surface area contributed by atoms with Crippen LogP contribution >= 0.6 is 22.7 Å². The molecule has 0 aliphatic heterocycles. The fourth-order valence-corrected chi connectivity index (χ4v) is 11.1. The first-order valence-corrected chi connectivity index (χ1v) is 19.4. The molecule has 11 rings (SSSR count). The Morgan fingerprint density at radius 1 is 0.346 bits per heavy atom. The van der Waals surface area contributed by atoms with E-state index in [9.17, 15) is 0 Å². The maximum atomic E-state index is 2.51. The Kier molecular flexibility index (Phi) is 6.57. The van der Waals surface area contributed by atoms with Crippen molar-refractivity contribution in [3.63, 3.8) is 0 Å². The molecule has 8 aromatic carbocycles. The van der Waals surface area contributed by atoms with E-state index in [-0.39, 0.29) is 0 Å². The van der Waals surface area contributed by atoms with Crippen LogP contribution in [-0.2, 0) is 5.41 Å². The topological polar surface area (TPSA) is 3.24 Å². The first-order chi connectivity index (χ1) is 25.8. The minimum absolute atomic E-state index is 0.440. The van der Waals surface area contributed by atoms with Crippen LogP contribution in [0.3, 0.4) is 0 Å². The van der Waals surface area contributed by atoms with Crippen LogP contribution in [0.4, 0.5) is 17.1 Å². The molecule has 52 heavy (non-hydrogen) atoms. The number of benzene rings is 8. The molecule has 0 N–H and O–H groups in total. The number of thiophene rings is 2. The standard InChI is InChI=1S/C49H31NS2/c1-2-14-32(15-3-1)49(39-20-8-4-16-35(39)36-17-5-9-21-40(36)49)33-28-30-34(31-29-33)50(41-22-12-26-45-47(41)37-18-6-10-24-43(37)51-45)42-23-13-27-46-48(42)38-19-7-11-25-44(38)52-46/h1-31H. The average molecular weight is 698 g/mol. The molecule has 0 bridgehead atoms. The molecule has 1 aliphatic carbocycles. The van der Waals surface area contributed by atoms with Crippen molar-refractivity contribution < 1.29 is 0 Å². The first kappa shape index (κ1) is 29.7. The summed E-state index contributed by atoms with van der Waals surface area (Å²) in [6.07, 6.45) is 0. The summed E-state index contributed by atoms with van der Waals surface area (Å²) in [6, 6.07) is 69.7. The lowest BCUT2D eigenvalue weighted by molar-refractivity contribution is 0.768. The second-order valence-electron chi connectivity index (χ2n) is 13.6. The summed E-state index contributed by atoms with van der Waals surface area (Å²) in [5, 5.41) is 5.18. The molecular weight excluding hydrogens is 667 g/mol. The second kappa shape index (κ2) is 11.5. The van der Waals surface area contributed by atoms with Crippen molar-refractivity contribution in [1.82, 2.24) is 0 Å². The lowest BCUT2D eigenvalue weighted by atomic mass is 9.68. The van der Waals surface area contributed by atoms with Crippen LogP contribution < -0.4 is 4.90 Å². The third kappa shape index (κ3) is 4.15. The molecule has 1 aliphatic rings. The molecule has 0 fully saturated rings. The van der Waals surface area contributed by atoms with Gasteiger partial charge in [0.2, 0.25) is 0 Å².